The summed E-state index contributed by atoms with van der Waals surface area (Å²) in [5, 5.41) is 21.5. The topological polar surface area (TPSA) is 117 Å². The molecule has 4 aromatic rings. The summed E-state index contributed by atoms with van der Waals surface area (Å²) in [6.45, 7) is 0. The number of hydrogen-bond acceptors (Lipinski definition) is 4. The Kier molecular flexibility index (Phi) is 4.11. The fraction of sp³-hybridized carbons (Fsp3) is 0.320. The van der Waals surface area contributed by atoms with Crippen molar-refractivity contribution >= 4 is 33.9 Å². The van der Waals surface area contributed by atoms with Crippen molar-refractivity contribution in [2.45, 2.75) is 49.7 Å². The molecule has 0 unspecified atom stereocenters. The van der Waals surface area contributed by atoms with E-state index in [0.717, 1.165) is 46.0 Å². The monoisotopic (exact) mass is 445 g/mol. The molecule has 0 bridgehead atoms. The Morgan fingerprint density at radius 3 is 2.42 bits per heavy atom. The van der Waals surface area contributed by atoms with Crippen LogP contribution in [0.15, 0.2) is 48.8 Å². The smallest absolute Gasteiger partial charge is 0.348 e. The number of fused-ring (bicyclic) bond motifs is 2. The second-order valence-electron chi connectivity index (χ2n) is 9.16. The maximum atomic E-state index is 12.3. The zero-order valence-corrected chi connectivity index (χ0v) is 17.9. The van der Waals surface area contributed by atoms with Gasteiger partial charge in [-0.05, 0) is 74.9 Å². The SMILES string of the molecule is O=C(O)C1(Oc2ccc3c(c2)c(-c2cc4cccnc4[nH]2)cn3C2(C(=O)O)CCC2)CCC1. The quantitative estimate of drug-likeness (QED) is 0.401. The minimum Gasteiger partial charge on any atom is -0.479 e. The summed E-state index contributed by atoms with van der Waals surface area (Å²) >= 11 is 0. The molecule has 3 N–H and O–H groups in total. The highest BCUT2D eigenvalue weighted by Crippen LogP contribution is 2.46. The maximum Gasteiger partial charge on any atom is 0.348 e. The number of benzene rings is 1. The normalized spacial score (nSPS) is 18.5. The molecule has 2 aliphatic rings. The van der Waals surface area contributed by atoms with Gasteiger partial charge in [0, 0.05) is 39.9 Å². The zero-order valence-electron chi connectivity index (χ0n) is 17.9. The number of carbonyl (C=O) groups is 2. The number of nitrogens with zero attached hydrogens (tertiary/aromatic N) is 2. The molecule has 0 radical (unpaired) electrons. The van der Waals surface area contributed by atoms with Crippen LogP contribution in [0.5, 0.6) is 5.75 Å². The van der Waals surface area contributed by atoms with E-state index in [4.69, 9.17) is 4.74 Å². The van der Waals surface area contributed by atoms with Crippen molar-refractivity contribution in [1.29, 1.82) is 0 Å². The molecule has 0 saturated heterocycles. The summed E-state index contributed by atoms with van der Waals surface area (Å²) in [5.41, 5.74) is 1.03. The molecule has 6 rings (SSSR count). The lowest BCUT2D eigenvalue weighted by Crippen LogP contribution is -2.50. The standard InChI is InChI=1S/C25H23N3O5/c29-22(30)24(7-2-8-24)28-14-18(19-12-15-4-1-11-26-21(15)27-19)17-13-16(5-6-20(17)28)33-25(23(31)32)9-3-10-25/h1,4-6,11-14H,2-3,7-10H2,(H,26,27)(H,29,30)(H,31,32). The van der Waals surface area contributed by atoms with Crippen molar-refractivity contribution in [2.24, 2.45) is 0 Å². The molecule has 3 heterocycles. The average molecular weight is 445 g/mol. The molecular weight excluding hydrogens is 422 g/mol. The van der Waals surface area contributed by atoms with E-state index in [9.17, 15) is 19.8 Å². The first kappa shape index (κ1) is 19.8. The number of carboxylic acid groups (broad SMARTS) is 2. The molecule has 0 amide bonds. The number of aliphatic carboxylic acids is 2. The van der Waals surface area contributed by atoms with E-state index in [1.165, 1.54) is 0 Å². The number of pyridine rings is 1. The molecule has 168 valence electrons. The molecule has 1 aromatic carbocycles. The van der Waals surface area contributed by atoms with Crippen molar-refractivity contribution in [3.8, 4) is 17.0 Å². The van der Waals surface area contributed by atoms with E-state index in [0.29, 0.717) is 31.4 Å². The lowest BCUT2D eigenvalue weighted by atomic mass is 9.76. The van der Waals surface area contributed by atoms with Gasteiger partial charge in [-0.3, -0.25) is 0 Å². The largest absolute Gasteiger partial charge is 0.479 e. The summed E-state index contributed by atoms with van der Waals surface area (Å²) in [7, 11) is 0. The lowest BCUT2D eigenvalue weighted by Gasteiger charge is -2.39. The second kappa shape index (κ2) is 6.84. The first-order chi connectivity index (χ1) is 15.9. The van der Waals surface area contributed by atoms with Gasteiger partial charge in [-0.1, -0.05) is 0 Å². The molecule has 0 spiro atoms. The molecule has 2 aliphatic carbocycles. The Hall–Kier alpha value is -3.81. The van der Waals surface area contributed by atoms with Gasteiger partial charge < -0.3 is 24.5 Å². The van der Waals surface area contributed by atoms with Gasteiger partial charge in [0.1, 0.15) is 16.9 Å². The predicted molar refractivity (Wildman–Crippen MR) is 121 cm³/mol. The van der Waals surface area contributed by atoms with Gasteiger partial charge in [-0.15, -0.1) is 0 Å². The summed E-state index contributed by atoms with van der Waals surface area (Å²) in [4.78, 5) is 31.8. The van der Waals surface area contributed by atoms with Gasteiger partial charge in [0.2, 0.25) is 5.60 Å². The summed E-state index contributed by atoms with van der Waals surface area (Å²) in [6, 6.07) is 11.2. The van der Waals surface area contributed by atoms with Crippen molar-refractivity contribution < 1.29 is 24.5 Å². The summed E-state index contributed by atoms with van der Waals surface area (Å²) in [6.07, 6.45) is 7.38. The number of ether oxygens (including phenoxy) is 1. The van der Waals surface area contributed by atoms with Crippen molar-refractivity contribution in [3.05, 3.63) is 48.8 Å². The molecule has 2 saturated carbocycles. The van der Waals surface area contributed by atoms with Gasteiger partial charge in [0.15, 0.2) is 0 Å². The van der Waals surface area contributed by atoms with Gasteiger partial charge >= 0.3 is 11.9 Å². The molecule has 2 fully saturated rings. The lowest BCUT2D eigenvalue weighted by molar-refractivity contribution is -0.163. The second-order valence-corrected chi connectivity index (χ2v) is 9.16. The van der Waals surface area contributed by atoms with Crippen LogP contribution in [0.1, 0.15) is 38.5 Å². The predicted octanol–water partition coefficient (Wildman–Crippen LogP) is 4.53. The van der Waals surface area contributed by atoms with Gasteiger partial charge in [0.05, 0.1) is 0 Å². The fourth-order valence-corrected chi connectivity index (χ4v) is 5.10. The number of hydrogen-bond donors (Lipinski definition) is 3. The van der Waals surface area contributed by atoms with Crippen LogP contribution in [0.2, 0.25) is 0 Å². The number of aromatic amines is 1. The fourth-order valence-electron chi connectivity index (χ4n) is 5.10. The Morgan fingerprint density at radius 1 is 1.03 bits per heavy atom. The third-order valence-electron chi connectivity index (χ3n) is 7.36. The van der Waals surface area contributed by atoms with E-state index in [-0.39, 0.29) is 0 Å². The van der Waals surface area contributed by atoms with Crippen LogP contribution in [0.25, 0.3) is 33.2 Å². The third kappa shape index (κ3) is 2.79. The van der Waals surface area contributed by atoms with Crippen molar-refractivity contribution in [3.63, 3.8) is 0 Å². The molecular formula is C25H23N3O5. The minimum absolute atomic E-state index is 0.468. The average Bonchev–Trinajstić information content (AvgIpc) is 3.31. The van der Waals surface area contributed by atoms with E-state index in [2.05, 4.69) is 9.97 Å². The zero-order chi connectivity index (χ0) is 22.8. The van der Waals surface area contributed by atoms with E-state index in [1.807, 2.05) is 41.1 Å². The number of aromatic nitrogens is 3. The Labute approximate surface area is 188 Å². The first-order valence-corrected chi connectivity index (χ1v) is 11.2. The summed E-state index contributed by atoms with van der Waals surface area (Å²) < 4.78 is 7.86. The third-order valence-corrected chi connectivity index (χ3v) is 7.36. The molecule has 0 aliphatic heterocycles. The molecule has 0 atom stereocenters. The molecule has 8 nitrogen and oxygen atoms in total. The van der Waals surface area contributed by atoms with Crippen LogP contribution < -0.4 is 4.74 Å². The van der Waals surface area contributed by atoms with Crippen LogP contribution in [-0.4, -0.2) is 42.3 Å². The maximum absolute atomic E-state index is 12.3. The van der Waals surface area contributed by atoms with Gasteiger partial charge in [-0.25, -0.2) is 14.6 Å². The van der Waals surface area contributed by atoms with E-state index < -0.39 is 23.1 Å². The van der Waals surface area contributed by atoms with Crippen molar-refractivity contribution in [1.82, 2.24) is 14.5 Å². The molecule has 33 heavy (non-hydrogen) atoms. The van der Waals surface area contributed by atoms with Crippen LogP contribution in [0.4, 0.5) is 0 Å². The highest BCUT2D eigenvalue weighted by molar-refractivity contribution is 5.99. The van der Waals surface area contributed by atoms with Crippen LogP contribution in [-0.2, 0) is 15.1 Å². The van der Waals surface area contributed by atoms with Crippen molar-refractivity contribution in [2.75, 3.05) is 0 Å². The summed E-state index contributed by atoms with van der Waals surface area (Å²) in [5.74, 6) is -1.32. The Balaban J connectivity index is 1.54. The number of nitrogens with one attached hydrogen (secondary N) is 1. The minimum atomic E-state index is -1.18. The van der Waals surface area contributed by atoms with E-state index >= 15 is 0 Å². The van der Waals surface area contributed by atoms with Crippen LogP contribution in [0.3, 0.4) is 0 Å². The molecule has 3 aromatic heterocycles. The molecule has 8 heteroatoms. The highest BCUT2D eigenvalue weighted by Gasteiger charge is 2.48. The Bertz CT molecular complexity index is 1390. The van der Waals surface area contributed by atoms with Gasteiger partial charge in [-0.2, -0.15) is 0 Å². The number of H-pyrrole nitrogens is 1. The first-order valence-electron chi connectivity index (χ1n) is 11.2. The Morgan fingerprint density at radius 2 is 1.82 bits per heavy atom. The highest BCUT2D eigenvalue weighted by atomic mass is 16.5. The van der Waals surface area contributed by atoms with E-state index in [1.54, 1.807) is 12.3 Å². The van der Waals surface area contributed by atoms with Crippen LogP contribution >= 0.6 is 0 Å². The number of carboxylic acids is 2. The van der Waals surface area contributed by atoms with Crippen LogP contribution in [0, 0.1) is 0 Å². The number of rotatable bonds is 6. The van der Waals surface area contributed by atoms with Gasteiger partial charge in [0.25, 0.3) is 0 Å².